The second kappa shape index (κ2) is 6.90. The summed E-state index contributed by atoms with van der Waals surface area (Å²) in [6, 6.07) is 0.746. The van der Waals surface area contributed by atoms with E-state index in [1.165, 1.54) is 0 Å². The van der Waals surface area contributed by atoms with Gasteiger partial charge < -0.3 is 10.1 Å². The maximum atomic E-state index is 11.9. The van der Waals surface area contributed by atoms with E-state index in [2.05, 4.69) is 44.8 Å². The summed E-state index contributed by atoms with van der Waals surface area (Å²) in [5.74, 6) is -0.102. The van der Waals surface area contributed by atoms with Crippen LogP contribution in [0.5, 0.6) is 0 Å². The lowest BCUT2D eigenvalue weighted by Crippen LogP contribution is -2.52. The first kappa shape index (κ1) is 17.4. The molecule has 2 unspecified atom stereocenters. The first-order valence-electron chi connectivity index (χ1n) is 7.84. The SMILES string of the molecule is CC(C)OC(=O)C1CCC(CN(C(C)C)C(C)(C)C)N1. The summed E-state index contributed by atoms with van der Waals surface area (Å²) in [5, 5.41) is 3.44. The summed E-state index contributed by atoms with van der Waals surface area (Å²) in [7, 11) is 0. The van der Waals surface area contributed by atoms with Crippen LogP contribution >= 0.6 is 0 Å². The molecule has 0 amide bonds. The van der Waals surface area contributed by atoms with Crippen LogP contribution in [0.4, 0.5) is 0 Å². The van der Waals surface area contributed by atoms with E-state index < -0.39 is 0 Å². The van der Waals surface area contributed by atoms with E-state index in [4.69, 9.17) is 4.74 Å². The van der Waals surface area contributed by atoms with Crippen LogP contribution in [-0.4, -0.2) is 47.2 Å². The van der Waals surface area contributed by atoms with Crippen molar-refractivity contribution >= 4 is 5.97 Å². The molecule has 2 atom stereocenters. The molecule has 0 spiro atoms. The fourth-order valence-corrected chi connectivity index (χ4v) is 2.96. The number of carbonyl (C=O) groups is 1. The summed E-state index contributed by atoms with van der Waals surface area (Å²) < 4.78 is 5.29. The van der Waals surface area contributed by atoms with Crippen LogP contribution in [0.3, 0.4) is 0 Å². The third-order valence-electron chi connectivity index (χ3n) is 3.78. The van der Waals surface area contributed by atoms with Crippen LogP contribution in [0.1, 0.15) is 61.3 Å². The minimum Gasteiger partial charge on any atom is -0.462 e. The Bertz CT molecular complexity index is 321. The van der Waals surface area contributed by atoms with Gasteiger partial charge in [0.05, 0.1) is 6.10 Å². The average Bonchev–Trinajstić information content (AvgIpc) is 2.71. The van der Waals surface area contributed by atoms with Crippen molar-refractivity contribution in [2.75, 3.05) is 6.54 Å². The van der Waals surface area contributed by atoms with E-state index in [-0.39, 0.29) is 23.7 Å². The lowest BCUT2D eigenvalue weighted by atomic mass is 10.0. The van der Waals surface area contributed by atoms with Crippen molar-refractivity contribution < 1.29 is 9.53 Å². The van der Waals surface area contributed by atoms with Crippen molar-refractivity contribution in [1.29, 1.82) is 0 Å². The number of ether oxygens (including phenoxy) is 1. The van der Waals surface area contributed by atoms with Gasteiger partial charge in [-0.2, -0.15) is 0 Å². The van der Waals surface area contributed by atoms with Gasteiger partial charge in [0, 0.05) is 24.2 Å². The highest BCUT2D eigenvalue weighted by Gasteiger charge is 2.34. The molecule has 0 bridgehead atoms. The third kappa shape index (κ3) is 5.06. The molecule has 4 heteroatoms. The number of carbonyl (C=O) groups excluding carboxylic acids is 1. The fourth-order valence-electron chi connectivity index (χ4n) is 2.96. The number of nitrogens with zero attached hydrogens (tertiary/aromatic N) is 1. The number of rotatable bonds is 5. The predicted octanol–water partition coefficient (Wildman–Crippen LogP) is 2.57. The molecule has 0 saturated carbocycles. The molecule has 20 heavy (non-hydrogen) atoms. The Morgan fingerprint density at radius 3 is 2.30 bits per heavy atom. The van der Waals surface area contributed by atoms with Crippen molar-refractivity contribution in [3.63, 3.8) is 0 Å². The van der Waals surface area contributed by atoms with Crippen LogP contribution in [0.25, 0.3) is 0 Å². The average molecular weight is 284 g/mol. The van der Waals surface area contributed by atoms with Crippen LogP contribution in [0.15, 0.2) is 0 Å². The Labute approximate surface area is 124 Å². The van der Waals surface area contributed by atoms with Crippen LogP contribution in [0.2, 0.25) is 0 Å². The second-order valence-corrected chi connectivity index (χ2v) is 7.40. The fraction of sp³-hybridized carbons (Fsp3) is 0.938. The molecule has 0 aromatic carbocycles. The minimum absolute atomic E-state index is 0.0370. The van der Waals surface area contributed by atoms with Crippen LogP contribution in [0, 0.1) is 0 Å². The van der Waals surface area contributed by atoms with Crippen LogP contribution in [-0.2, 0) is 9.53 Å². The van der Waals surface area contributed by atoms with Crippen molar-refractivity contribution in [1.82, 2.24) is 10.2 Å². The molecule has 1 saturated heterocycles. The molecule has 1 aliphatic heterocycles. The first-order chi connectivity index (χ1) is 9.11. The largest absolute Gasteiger partial charge is 0.462 e. The zero-order valence-corrected chi connectivity index (χ0v) is 14.2. The highest BCUT2D eigenvalue weighted by molar-refractivity contribution is 5.76. The van der Waals surface area contributed by atoms with E-state index >= 15 is 0 Å². The molecule has 1 rings (SSSR count). The Hall–Kier alpha value is -0.610. The molecule has 1 N–H and O–H groups in total. The van der Waals surface area contributed by atoms with Gasteiger partial charge in [0.25, 0.3) is 0 Å². The normalized spacial score (nSPS) is 23.9. The number of hydrogen-bond acceptors (Lipinski definition) is 4. The van der Waals surface area contributed by atoms with Crippen molar-refractivity contribution in [2.45, 2.75) is 91.1 Å². The molecule has 1 heterocycles. The number of hydrogen-bond donors (Lipinski definition) is 1. The molecule has 4 nitrogen and oxygen atoms in total. The maximum absolute atomic E-state index is 11.9. The lowest BCUT2D eigenvalue weighted by molar-refractivity contribution is -0.149. The van der Waals surface area contributed by atoms with Gasteiger partial charge in [-0.15, -0.1) is 0 Å². The number of nitrogens with one attached hydrogen (secondary N) is 1. The van der Waals surface area contributed by atoms with Crippen molar-refractivity contribution in [3.05, 3.63) is 0 Å². The molecule has 1 aliphatic rings. The smallest absolute Gasteiger partial charge is 0.323 e. The van der Waals surface area contributed by atoms with E-state index in [0.29, 0.717) is 12.1 Å². The molecular formula is C16H32N2O2. The molecule has 118 valence electrons. The third-order valence-corrected chi connectivity index (χ3v) is 3.78. The first-order valence-corrected chi connectivity index (χ1v) is 7.84. The van der Waals surface area contributed by atoms with E-state index in [1.54, 1.807) is 0 Å². The zero-order valence-electron chi connectivity index (χ0n) is 14.2. The molecule has 0 aromatic heterocycles. The summed E-state index contributed by atoms with van der Waals surface area (Å²) in [6.45, 7) is 15.9. The molecule has 0 aliphatic carbocycles. The topological polar surface area (TPSA) is 41.6 Å². The van der Waals surface area contributed by atoms with Gasteiger partial charge in [0.2, 0.25) is 0 Å². The van der Waals surface area contributed by atoms with Gasteiger partial charge >= 0.3 is 5.97 Å². The van der Waals surface area contributed by atoms with Gasteiger partial charge in [-0.25, -0.2) is 0 Å². The summed E-state index contributed by atoms with van der Waals surface area (Å²) in [6.07, 6.45) is 1.88. The predicted molar refractivity (Wildman–Crippen MR) is 82.8 cm³/mol. The maximum Gasteiger partial charge on any atom is 0.323 e. The number of esters is 1. The standard InChI is InChI=1S/C16H32N2O2/c1-11(2)18(16(5,6)7)10-13-8-9-14(17-13)15(19)20-12(3)4/h11-14,17H,8-10H2,1-7H3. The second-order valence-electron chi connectivity index (χ2n) is 7.40. The highest BCUT2D eigenvalue weighted by Crippen LogP contribution is 2.21. The van der Waals surface area contributed by atoms with Gasteiger partial charge in [-0.3, -0.25) is 9.69 Å². The van der Waals surface area contributed by atoms with Crippen molar-refractivity contribution in [3.8, 4) is 0 Å². The zero-order chi connectivity index (χ0) is 15.5. The van der Waals surface area contributed by atoms with Gasteiger partial charge in [-0.05, 0) is 61.3 Å². The van der Waals surface area contributed by atoms with Gasteiger partial charge in [0.1, 0.15) is 6.04 Å². The lowest BCUT2D eigenvalue weighted by Gasteiger charge is -2.40. The Balaban J connectivity index is 2.53. The molecule has 1 fully saturated rings. The van der Waals surface area contributed by atoms with Gasteiger partial charge in [0.15, 0.2) is 0 Å². The molecule has 0 aromatic rings. The van der Waals surface area contributed by atoms with Gasteiger partial charge in [-0.1, -0.05) is 0 Å². The molecule has 0 radical (unpaired) electrons. The Morgan fingerprint density at radius 2 is 1.85 bits per heavy atom. The van der Waals surface area contributed by atoms with E-state index in [0.717, 1.165) is 19.4 Å². The summed E-state index contributed by atoms with van der Waals surface area (Å²) in [5.41, 5.74) is 0.145. The summed E-state index contributed by atoms with van der Waals surface area (Å²) in [4.78, 5) is 14.4. The minimum atomic E-state index is -0.128. The van der Waals surface area contributed by atoms with Crippen molar-refractivity contribution in [2.24, 2.45) is 0 Å². The monoisotopic (exact) mass is 284 g/mol. The Kier molecular flexibility index (Phi) is 6.02. The highest BCUT2D eigenvalue weighted by atomic mass is 16.5. The Morgan fingerprint density at radius 1 is 1.25 bits per heavy atom. The summed E-state index contributed by atoms with van der Waals surface area (Å²) >= 11 is 0. The quantitative estimate of drug-likeness (QED) is 0.788. The van der Waals surface area contributed by atoms with E-state index in [9.17, 15) is 4.79 Å². The van der Waals surface area contributed by atoms with Crippen LogP contribution < -0.4 is 5.32 Å². The molecular weight excluding hydrogens is 252 g/mol. The van der Waals surface area contributed by atoms with E-state index in [1.807, 2.05) is 13.8 Å².